The van der Waals surface area contributed by atoms with E-state index in [1.54, 1.807) is 0 Å². The van der Waals surface area contributed by atoms with Gasteiger partial charge >= 0.3 is 4.87 Å². The topological polar surface area (TPSA) is 48.0 Å². The molecule has 0 aliphatic heterocycles. The largest absolute Gasteiger partial charge is 0.330 e. The first kappa shape index (κ1) is 13.1. The van der Waals surface area contributed by atoms with Crippen LogP contribution in [0.25, 0.3) is 11.3 Å². The Bertz CT molecular complexity index is 581. The summed E-state index contributed by atoms with van der Waals surface area (Å²) in [5, 5.41) is 0. The number of nitrogens with two attached hydrogens (primary N) is 1. The van der Waals surface area contributed by atoms with E-state index in [-0.39, 0.29) is 4.87 Å². The molecule has 1 aromatic carbocycles. The van der Waals surface area contributed by atoms with Gasteiger partial charge in [-0.2, -0.15) is 0 Å². The van der Waals surface area contributed by atoms with Gasteiger partial charge in [0.1, 0.15) is 0 Å². The van der Waals surface area contributed by atoms with E-state index in [4.69, 9.17) is 5.73 Å². The number of thiazole rings is 1. The van der Waals surface area contributed by atoms with Crippen LogP contribution in [0.4, 0.5) is 0 Å². The third-order valence-electron chi connectivity index (χ3n) is 2.98. The normalized spacial score (nSPS) is 10.8. The van der Waals surface area contributed by atoms with E-state index in [1.165, 1.54) is 16.9 Å². The van der Waals surface area contributed by atoms with Gasteiger partial charge in [-0.05, 0) is 32.4 Å². The number of hydrogen-bond acceptors (Lipinski definition) is 3. The van der Waals surface area contributed by atoms with Crippen molar-refractivity contribution in [2.45, 2.75) is 26.8 Å². The van der Waals surface area contributed by atoms with Crippen molar-refractivity contribution >= 4 is 11.3 Å². The fourth-order valence-electron chi connectivity index (χ4n) is 2.04. The second-order valence-electron chi connectivity index (χ2n) is 4.43. The van der Waals surface area contributed by atoms with E-state index >= 15 is 0 Å². The maximum Gasteiger partial charge on any atom is 0.307 e. The standard InChI is InChI=1S/C14H18N2OS/c1-10-4-6-12(7-5-10)13-11(2)18-14(17)16(13)9-3-8-15/h4-7H,3,8-9,15H2,1-2H3. The van der Waals surface area contributed by atoms with Gasteiger partial charge in [-0.3, -0.25) is 9.36 Å². The van der Waals surface area contributed by atoms with Gasteiger partial charge < -0.3 is 5.73 Å². The Labute approximate surface area is 111 Å². The van der Waals surface area contributed by atoms with Crippen molar-refractivity contribution in [1.29, 1.82) is 0 Å². The first-order valence-corrected chi connectivity index (χ1v) is 6.92. The van der Waals surface area contributed by atoms with Gasteiger partial charge in [-0.15, -0.1) is 0 Å². The van der Waals surface area contributed by atoms with Crippen molar-refractivity contribution in [3.63, 3.8) is 0 Å². The minimum Gasteiger partial charge on any atom is -0.330 e. The highest BCUT2D eigenvalue weighted by molar-refractivity contribution is 7.09. The number of aryl methyl sites for hydroxylation is 2. The van der Waals surface area contributed by atoms with Crippen LogP contribution in [0.1, 0.15) is 16.9 Å². The number of benzene rings is 1. The lowest BCUT2D eigenvalue weighted by Gasteiger charge is -2.08. The molecule has 1 heterocycles. The Morgan fingerprint density at radius 2 is 1.89 bits per heavy atom. The SMILES string of the molecule is Cc1ccc(-c2c(C)sc(=O)n2CCCN)cc1. The lowest BCUT2D eigenvalue weighted by molar-refractivity contribution is 0.647. The van der Waals surface area contributed by atoms with Crippen molar-refractivity contribution in [1.82, 2.24) is 4.57 Å². The number of nitrogens with zero attached hydrogens (tertiary/aromatic N) is 1. The third-order valence-corrected chi connectivity index (χ3v) is 3.87. The maximum absolute atomic E-state index is 11.9. The summed E-state index contributed by atoms with van der Waals surface area (Å²) in [4.78, 5) is 13.1. The van der Waals surface area contributed by atoms with E-state index in [2.05, 4.69) is 31.2 Å². The van der Waals surface area contributed by atoms with Gasteiger partial charge in [0.15, 0.2) is 0 Å². The molecule has 0 amide bonds. The number of aromatic nitrogens is 1. The predicted molar refractivity (Wildman–Crippen MR) is 77.2 cm³/mol. The minimum absolute atomic E-state index is 0.108. The summed E-state index contributed by atoms with van der Waals surface area (Å²) >= 11 is 1.31. The molecule has 0 fully saturated rings. The third kappa shape index (κ3) is 2.54. The highest BCUT2D eigenvalue weighted by Gasteiger charge is 2.12. The van der Waals surface area contributed by atoms with E-state index in [9.17, 15) is 4.79 Å². The lowest BCUT2D eigenvalue weighted by atomic mass is 10.1. The molecule has 0 bridgehead atoms. The lowest BCUT2D eigenvalue weighted by Crippen LogP contribution is -2.16. The first-order chi connectivity index (χ1) is 8.63. The molecule has 2 rings (SSSR count). The Morgan fingerprint density at radius 1 is 1.22 bits per heavy atom. The molecule has 0 radical (unpaired) electrons. The molecule has 0 unspecified atom stereocenters. The Hall–Kier alpha value is -1.39. The molecule has 0 saturated carbocycles. The van der Waals surface area contributed by atoms with Gasteiger partial charge in [-0.1, -0.05) is 41.2 Å². The first-order valence-electron chi connectivity index (χ1n) is 6.11. The summed E-state index contributed by atoms with van der Waals surface area (Å²) < 4.78 is 1.84. The highest BCUT2D eigenvalue weighted by atomic mass is 32.1. The monoisotopic (exact) mass is 262 g/mol. The van der Waals surface area contributed by atoms with Crippen LogP contribution in [0.3, 0.4) is 0 Å². The van der Waals surface area contributed by atoms with Gasteiger partial charge in [0, 0.05) is 11.4 Å². The molecule has 0 saturated heterocycles. The quantitative estimate of drug-likeness (QED) is 0.920. The van der Waals surface area contributed by atoms with E-state index in [0.717, 1.165) is 22.6 Å². The molecule has 0 aliphatic rings. The van der Waals surface area contributed by atoms with Crippen LogP contribution >= 0.6 is 11.3 Å². The maximum atomic E-state index is 11.9. The molecular formula is C14H18N2OS. The number of rotatable bonds is 4. The van der Waals surface area contributed by atoms with Crippen molar-refractivity contribution < 1.29 is 0 Å². The molecule has 0 aliphatic carbocycles. The van der Waals surface area contributed by atoms with Gasteiger partial charge in [-0.25, -0.2) is 0 Å². The molecular weight excluding hydrogens is 244 g/mol. The molecule has 0 atom stereocenters. The van der Waals surface area contributed by atoms with Crippen molar-refractivity contribution in [2.24, 2.45) is 5.73 Å². The Balaban J connectivity index is 2.48. The summed E-state index contributed by atoms with van der Waals surface area (Å²) in [6.07, 6.45) is 0.828. The number of hydrogen-bond donors (Lipinski definition) is 1. The smallest absolute Gasteiger partial charge is 0.307 e. The van der Waals surface area contributed by atoms with E-state index in [1.807, 2.05) is 11.5 Å². The molecule has 2 N–H and O–H groups in total. The Kier molecular flexibility index (Phi) is 3.99. The van der Waals surface area contributed by atoms with Crippen LogP contribution in [-0.4, -0.2) is 11.1 Å². The molecule has 2 aromatic rings. The summed E-state index contributed by atoms with van der Waals surface area (Å²) in [6, 6.07) is 8.29. The van der Waals surface area contributed by atoms with Crippen molar-refractivity contribution in [3.05, 3.63) is 44.4 Å². The summed E-state index contributed by atoms with van der Waals surface area (Å²) in [5.74, 6) is 0. The Morgan fingerprint density at radius 3 is 2.50 bits per heavy atom. The van der Waals surface area contributed by atoms with Gasteiger partial charge in [0.2, 0.25) is 0 Å². The van der Waals surface area contributed by atoms with Crippen molar-refractivity contribution in [2.75, 3.05) is 6.54 Å². The molecule has 4 heteroatoms. The summed E-state index contributed by atoms with van der Waals surface area (Å²) in [6.45, 7) is 5.36. The summed E-state index contributed by atoms with van der Waals surface area (Å²) in [5.41, 5.74) is 8.90. The van der Waals surface area contributed by atoms with E-state index in [0.29, 0.717) is 13.1 Å². The molecule has 0 spiro atoms. The van der Waals surface area contributed by atoms with Gasteiger partial charge in [0.05, 0.1) is 5.69 Å². The minimum atomic E-state index is 0.108. The van der Waals surface area contributed by atoms with Crippen LogP contribution in [0.5, 0.6) is 0 Å². The summed E-state index contributed by atoms with van der Waals surface area (Å²) in [7, 11) is 0. The highest BCUT2D eigenvalue weighted by Crippen LogP contribution is 2.25. The average Bonchev–Trinajstić information content (AvgIpc) is 2.62. The van der Waals surface area contributed by atoms with E-state index < -0.39 is 0 Å². The predicted octanol–water partition coefficient (Wildman–Crippen LogP) is 2.54. The van der Waals surface area contributed by atoms with Crippen LogP contribution in [0.2, 0.25) is 0 Å². The second kappa shape index (κ2) is 5.50. The van der Waals surface area contributed by atoms with Crippen LogP contribution in [0.15, 0.2) is 29.1 Å². The molecule has 96 valence electrons. The van der Waals surface area contributed by atoms with Gasteiger partial charge in [0.25, 0.3) is 0 Å². The van der Waals surface area contributed by atoms with Crippen LogP contribution in [0, 0.1) is 13.8 Å². The van der Waals surface area contributed by atoms with Crippen molar-refractivity contribution in [3.8, 4) is 11.3 Å². The fraction of sp³-hybridized carbons (Fsp3) is 0.357. The zero-order valence-corrected chi connectivity index (χ0v) is 11.6. The second-order valence-corrected chi connectivity index (χ2v) is 5.60. The fourth-order valence-corrected chi connectivity index (χ4v) is 2.92. The molecule has 1 aromatic heterocycles. The van der Waals surface area contributed by atoms with Crippen LogP contribution in [-0.2, 0) is 6.54 Å². The zero-order valence-electron chi connectivity index (χ0n) is 10.8. The zero-order chi connectivity index (χ0) is 13.1. The van der Waals surface area contributed by atoms with Crippen LogP contribution < -0.4 is 10.6 Å². The molecule has 18 heavy (non-hydrogen) atoms. The molecule has 3 nitrogen and oxygen atoms in total. The average molecular weight is 262 g/mol.